The van der Waals surface area contributed by atoms with E-state index in [4.69, 9.17) is 5.11 Å². The van der Waals surface area contributed by atoms with Crippen LogP contribution in [0, 0.1) is 11.8 Å². The lowest BCUT2D eigenvalue weighted by molar-refractivity contribution is -0.144. The van der Waals surface area contributed by atoms with Crippen molar-refractivity contribution in [2.45, 2.75) is 27.2 Å². The van der Waals surface area contributed by atoms with Gasteiger partial charge in [0.2, 0.25) is 11.8 Å². The summed E-state index contributed by atoms with van der Waals surface area (Å²) in [7, 11) is 0. The number of carboxylic acids is 1. The zero-order valence-corrected chi connectivity index (χ0v) is 11.8. The Kier molecular flexibility index (Phi) is 5.32. The molecule has 0 aromatic heterocycles. The highest BCUT2D eigenvalue weighted by Crippen LogP contribution is 2.20. The predicted octanol–water partition coefficient (Wildman–Crippen LogP) is 0.424. The number of hydrogen-bond donors (Lipinski definition) is 1. The Morgan fingerprint density at radius 1 is 1.47 bits per heavy atom. The van der Waals surface area contributed by atoms with E-state index in [0.717, 1.165) is 0 Å². The third-order valence-electron chi connectivity index (χ3n) is 3.55. The Balaban J connectivity index is 2.64. The lowest BCUT2D eigenvalue weighted by Crippen LogP contribution is -2.41. The van der Waals surface area contributed by atoms with Gasteiger partial charge in [0.05, 0.1) is 11.8 Å². The Bertz CT molecular complexity index is 370. The smallest absolute Gasteiger partial charge is 0.308 e. The third kappa shape index (κ3) is 3.68. The summed E-state index contributed by atoms with van der Waals surface area (Å²) in [5.41, 5.74) is 0. The largest absolute Gasteiger partial charge is 0.481 e. The Labute approximate surface area is 113 Å². The average molecular weight is 270 g/mol. The summed E-state index contributed by atoms with van der Waals surface area (Å²) in [5.74, 6) is -1.94. The molecule has 0 saturated carbocycles. The van der Waals surface area contributed by atoms with Gasteiger partial charge in [-0.15, -0.1) is 0 Å². The van der Waals surface area contributed by atoms with Crippen LogP contribution in [0.3, 0.4) is 0 Å². The second-order valence-corrected chi connectivity index (χ2v) is 4.95. The van der Waals surface area contributed by atoms with Gasteiger partial charge in [-0.3, -0.25) is 14.4 Å². The van der Waals surface area contributed by atoms with E-state index in [1.165, 1.54) is 4.90 Å². The first kappa shape index (κ1) is 15.5. The molecule has 0 spiro atoms. The summed E-state index contributed by atoms with van der Waals surface area (Å²) in [5, 5.41) is 8.90. The summed E-state index contributed by atoms with van der Waals surface area (Å²) in [6.45, 7) is 7.01. The van der Waals surface area contributed by atoms with Crippen molar-refractivity contribution in [1.29, 1.82) is 0 Å². The van der Waals surface area contributed by atoms with E-state index in [0.29, 0.717) is 19.6 Å². The van der Waals surface area contributed by atoms with E-state index in [2.05, 4.69) is 0 Å². The first-order valence-electron chi connectivity index (χ1n) is 6.70. The minimum Gasteiger partial charge on any atom is -0.481 e. The highest BCUT2D eigenvalue weighted by molar-refractivity contribution is 5.89. The Hall–Kier alpha value is -1.59. The zero-order valence-electron chi connectivity index (χ0n) is 11.8. The molecule has 2 atom stereocenters. The Morgan fingerprint density at radius 2 is 2.11 bits per heavy atom. The minimum absolute atomic E-state index is 0.00295. The topological polar surface area (TPSA) is 77.9 Å². The quantitative estimate of drug-likeness (QED) is 0.759. The molecule has 1 saturated heterocycles. The van der Waals surface area contributed by atoms with Crippen LogP contribution in [0.2, 0.25) is 0 Å². The van der Waals surface area contributed by atoms with Crippen molar-refractivity contribution in [3.63, 3.8) is 0 Å². The summed E-state index contributed by atoms with van der Waals surface area (Å²) in [4.78, 5) is 38.0. The molecule has 2 unspecified atom stereocenters. The summed E-state index contributed by atoms with van der Waals surface area (Å²) < 4.78 is 0. The number of nitrogens with zero attached hydrogens (tertiary/aromatic N) is 2. The van der Waals surface area contributed by atoms with Gasteiger partial charge in [-0.2, -0.15) is 0 Å². The van der Waals surface area contributed by atoms with Gasteiger partial charge in [0, 0.05) is 32.6 Å². The molecule has 6 nitrogen and oxygen atoms in total. The molecule has 0 aromatic carbocycles. The second-order valence-electron chi connectivity index (χ2n) is 4.95. The maximum absolute atomic E-state index is 12.3. The number of aliphatic carboxylic acids is 1. The number of rotatable bonds is 6. The normalized spacial score (nSPS) is 20.5. The van der Waals surface area contributed by atoms with E-state index >= 15 is 0 Å². The van der Waals surface area contributed by atoms with Gasteiger partial charge in [0.15, 0.2) is 0 Å². The van der Waals surface area contributed by atoms with Crippen LogP contribution in [-0.2, 0) is 14.4 Å². The summed E-state index contributed by atoms with van der Waals surface area (Å²) in [6, 6.07) is 0. The van der Waals surface area contributed by atoms with Crippen LogP contribution < -0.4 is 0 Å². The van der Waals surface area contributed by atoms with Crippen LogP contribution in [0.4, 0.5) is 0 Å². The number of hydrogen-bond acceptors (Lipinski definition) is 3. The molecule has 0 aliphatic carbocycles. The van der Waals surface area contributed by atoms with Gasteiger partial charge in [-0.25, -0.2) is 0 Å². The molecule has 19 heavy (non-hydrogen) atoms. The molecule has 1 aliphatic heterocycles. The molecule has 0 radical (unpaired) electrons. The van der Waals surface area contributed by atoms with E-state index in [9.17, 15) is 14.4 Å². The minimum atomic E-state index is -0.913. The number of carbonyl (C=O) groups excluding carboxylic acids is 2. The second kappa shape index (κ2) is 6.54. The van der Waals surface area contributed by atoms with Crippen molar-refractivity contribution >= 4 is 17.8 Å². The van der Waals surface area contributed by atoms with Crippen molar-refractivity contribution in [3.05, 3.63) is 0 Å². The number of carbonyl (C=O) groups is 3. The number of likely N-dealkylation sites (tertiary alicyclic amines) is 1. The monoisotopic (exact) mass is 270 g/mol. The first-order valence-corrected chi connectivity index (χ1v) is 6.70. The standard InChI is InChI=1S/C13H22N2O4/c1-4-14-8-10(6-11(14)16)12(17)15(5-2)7-9(3)13(18)19/h9-10H,4-8H2,1-3H3,(H,18,19). The molecule has 0 bridgehead atoms. The van der Waals surface area contributed by atoms with Gasteiger partial charge in [-0.1, -0.05) is 6.92 Å². The van der Waals surface area contributed by atoms with Crippen molar-refractivity contribution in [3.8, 4) is 0 Å². The molecule has 108 valence electrons. The van der Waals surface area contributed by atoms with Gasteiger partial charge in [0.1, 0.15) is 0 Å². The zero-order chi connectivity index (χ0) is 14.6. The summed E-state index contributed by atoms with van der Waals surface area (Å²) in [6.07, 6.45) is 0.241. The molecule has 6 heteroatoms. The molecular formula is C13H22N2O4. The van der Waals surface area contributed by atoms with Gasteiger partial charge < -0.3 is 14.9 Å². The fourth-order valence-electron chi connectivity index (χ4n) is 2.28. The molecular weight excluding hydrogens is 248 g/mol. The molecule has 0 aromatic rings. The lowest BCUT2D eigenvalue weighted by Gasteiger charge is -2.25. The highest BCUT2D eigenvalue weighted by atomic mass is 16.4. The van der Waals surface area contributed by atoms with Gasteiger partial charge >= 0.3 is 5.97 Å². The van der Waals surface area contributed by atoms with Crippen molar-refractivity contribution in [2.75, 3.05) is 26.2 Å². The van der Waals surface area contributed by atoms with Gasteiger partial charge in [0.25, 0.3) is 0 Å². The first-order chi connectivity index (χ1) is 8.90. The van der Waals surface area contributed by atoms with E-state index in [1.54, 1.807) is 11.8 Å². The maximum atomic E-state index is 12.3. The molecule has 1 N–H and O–H groups in total. The fraction of sp³-hybridized carbons (Fsp3) is 0.769. The fourth-order valence-corrected chi connectivity index (χ4v) is 2.28. The van der Waals surface area contributed by atoms with Gasteiger partial charge in [-0.05, 0) is 13.8 Å². The molecule has 1 aliphatic rings. The van der Waals surface area contributed by atoms with Crippen LogP contribution in [0.15, 0.2) is 0 Å². The lowest BCUT2D eigenvalue weighted by atomic mass is 10.1. The van der Waals surface area contributed by atoms with E-state index in [-0.39, 0.29) is 30.7 Å². The Morgan fingerprint density at radius 3 is 2.53 bits per heavy atom. The molecule has 1 heterocycles. The van der Waals surface area contributed by atoms with Crippen LogP contribution in [0.1, 0.15) is 27.2 Å². The predicted molar refractivity (Wildman–Crippen MR) is 69.4 cm³/mol. The maximum Gasteiger partial charge on any atom is 0.308 e. The molecule has 1 fully saturated rings. The molecule has 2 amide bonds. The number of amides is 2. The van der Waals surface area contributed by atoms with Crippen molar-refractivity contribution in [2.24, 2.45) is 11.8 Å². The average Bonchev–Trinajstić information content (AvgIpc) is 2.75. The van der Waals surface area contributed by atoms with Crippen LogP contribution in [-0.4, -0.2) is 58.9 Å². The summed E-state index contributed by atoms with van der Waals surface area (Å²) >= 11 is 0. The van der Waals surface area contributed by atoms with Crippen LogP contribution in [0.25, 0.3) is 0 Å². The number of carboxylic acid groups (broad SMARTS) is 1. The van der Waals surface area contributed by atoms with Crippen LogP contribution in [0.5, 0.6) is 0 Å². The highest BCUT2D eigenvalue weighted by Gasteiger charge is 2.35. The van der Waals surface area contributed by atoms with Crippen molar-refractivity contribution < 1.29 is 19.5 Å². The van der Waals surface area contributed by atoms with E-state index < -0.39 is 11.9 Å². The third-order valence-corrected chi connectivity index (χ3v) is 3.55. The SMILES string of the molecule is CCN1CC(C(=O)N(CC)CC(C)C(=O)O)CC1=O. The van der Waals surface area contributed by atoms with Crippen molar-refractivity contribution in [1.82, 2.24) is 9.80 Å². The van der Waals surface area contributed by atoms with Crippen LogP contribution >= 0.6 is 0 Å². The van der Waals surface area contributed by atoms with E-state index in [1.807, 2.05) is 13.8 Å². The molecule has 1 rings (SSSR count).